The lowest BCUT2D eigenvalue weighted by Crippen LogP contribution is -2.42. The molecular weight excluding hydrogens is 272 g/mol. The van der Waals surface area contributed by atoms with Crippen molar-refractivity contribution in [3.05, 3.63) is 34.9 Å². The summed E-state index contributed by atoms with van der Waals surface area (Å²) < 4.78 is 33.6. The summed E-state index contributed by atoms with van der Waals surface area (Å²) in [5.41, 5.74) is 1.93. The first-order valence-electron chi connectivity index (χ1n) is 10.3. The molecule has 0 radical (unpaired) electrons. The normalized spacial score (nSPS) is 49.4. The number of hydrogen-bond acceptors (Lipinski definition) is 2. The van der Waals surface area contributed by atoms with E-state index in [1.807, 2.05) is 6.92 Å². The number of rotatable bonds is 1. The standard InChI is InChI=1S/C20H26O2/c1-19(12-21)9-8-16-15-4-3-13-11-14(22)7-10-20(13,2)18(15)6-5-17(16)19/h7,10-11,15,18,21H,3-6,8-9,12H2,1-2H3/t15-,18-,19+,20-/m0/s1/i3D2,7D,11D. The molecule has 22 heavy (non-hydrogen) atoms. The van der Waals surface area contributed by atoms with Crippen molar-refractivity contribution >= 4 is 5.78 Å². The second-order valence-corrected chi connectivity index (χ2v) is 7.76. The Kier molecular flexibility index (Phi) is 2.25. The number of hydrogen-bond donors (Lipinski definition) is 1. The molecule has 4 aliphatic rings. The van der Waals surface area contributed by atoms with E-state index in [1.54, 1.807) is 6.08 Å². The Morgan fingerprint density at radius 2 is 2.23 bits per heavy atom. The monoisotopic (exact) mass is 302 g/mol. The lowest BCUT2D eigenvalue weighted by atomic mass is 9.53. The molecular formula is C20H26O2. The molecule has 0 aromatic rings. The number of carbonyl (C=O) groups excluding carboxylic acids is 1. The van der Waals surface area contributed by atoms with Gasteiger partial charge in [0, 0.05) is 13.6 Å². The molecule has 0 saturated heterocycles. The molecule has 0 aliphatic heterocycles. The van der Waals surface area contributed by atoms with Gasteiger partial charge in [-0.1, -0.05) is 36.6 Å². The maximum Gasteiger partial charge on any atom is 0.178 e. The minimum Gasteiger partial charge on any atom is -0.395 e. The minimum atomic E-state index is -1.73. The summed E-state index contributed by atoms with van der Waals surface area (Å²) in [6.07, 6.45) is 3.70. The summed E-state index contributed by atoms with van der Waals surface area (Å²) in [4.78, 5) is 12.2. The van der Waals surface area contributed by atoms with Crippen LogP contribution in [0, 0.1) is 22.7 Å². The zero-order valence-corrected chi connectivity index (χ0v) is 13.3. The third kappa shape index (κ3) is 1.79. The van der Waals surface area contributed by atoms with Gasteiger partial charge in [0.05, 0.1) is 9.35 Å². The molecule has 0 amide bonds. The predicted octanol–water partition coefficient (Wildman–Crippen LogP) is 3.97. The van der Waals surface area contributed by atoms with Crippen LogP contribution < -0.4 is 0 Å². The van der Waals surface area contributed by atoms with Crippen molar-refractivity contribution in [1.29, 1.82) is 0 Å². The van der Waals surface area contributed by atoms with Crippen LogP contribution in [0.1, 0.15) is 57.8 Å². The summed E-state index contributed by atoms with van der Waals surface area (Å²) in [6.45, 7) is 4.14. The van der Waals surface area contributed by atoms with E-state index < -0.39 is 17.6 Å². The highest BCUT2D eigenvalue weighted by Crippen LogP contribution is 2.61. The molecule has 4 aliphatic carbocycles. The number of fused-ring (bicyclic) bond motifs is 4. The smallest absolute Gasteiger partial charge is 0.178 e. The Labute approximate surface area is 138 Å². The van der Waals surface area contributed by atoms with Crippen molar-refractivity contribution in [3.63, 3.8) is 0 Å². The van der Waals surface area contributed by atoms with Gasteiger partial charge < -0.3 is 5.11 Å². The van der Waals surface area contributed by atoms with Crippen molar-refractivity contribution in [2.75, 3.05) is 6.61 Å². The van der Waals surface area contributed by atoms with Crippen molar-refractivity contribution < 1.29 is 15.4 Å². The lowest BCUT2D eigenvalue weighted by Gasteiger charge is -2.51. The highest BCUT2D eigenvalue weighted by molar-refractivity contribution is 6.01. The van der Waals surface area contributed by atoms with Crippen LogP contribution in [0.3, 0.4) is 0 Å². The van der Waals surface area contributed by atoms with Crippen molar-refractivity contribution in [3.8, 4) is 0 Å². The van der Waals surface area contributed by atoms with Gasteiger partial charge in [-0.3, -0.25) is 4.79 Å². The van der Waals surface area contributed by atoms with Crippen LogP contribution >= 0.6 is 0 Å². The first-order chi connectivity index (χ1) is 12.0. The van der Waals surface area contributed by atoms with Crippen LogP contribution in [0.2, 0.25) is 0 Å². The second kappa shape index (κ2) is 4.67. The molecule has 2 heteroatoms. The van der Waals surface area contributed by atoms with Gasteiger partial charge in [-0.05, 0) is 62.4 Å². The quantitative estimate of drug-likeness (QED) is 0.744. The van der Waals surface area contributed by atoms with E-state index in [9.17, 15) is 9.90 Å². The molecule has 0 heterocycles. The highest BCUT2D eigenvalue weighted by atomic mass is 16.3. The number of ketones is 1. The molecule has 1 saturated carbocycles. The zero-order valence-electron chi connectivity index (χ0n) is 17.3. The van der Waals surface area contributed by atoms with E-state index in [4.69, 9.17) is 5.48 Å². The van der Waals surface area contributed by atoms with Crippen molar-refractivity contribution in [2.24, 2.45) is 22.7 Å². The van der Waals surface area contributed by atoms with Gasteiger partial charge in [-0.25, -0.2) is 0 Å². The van der Waals surface area contributed by atoms with Gasteiger partial charge in [0.1, 0.15) is 0 Å². The van der Waals surface area contributed by atoms with Gasteiger partial charge in [0.15, 0.2) is 5.78 Å². The Bertz CT molecular complexity index is 794. The molecule has 1 fully saturated rings. The van der Waals surface area contributed by atoms with Crippen LogP contribution in [0.4, 0.5) is 0 Å². The van der Waals surface area contributed by atoms with E-state index in [0.717, 1.165) is 25.7 Å². The van der Waals surface area contributed by atoms with Crippen molar-refractivity contribution in [1.82, 2.24) is 0 Å². The lowest BCUT2D eigenvalue weighted by molar-refractivity contribution is -0.110. The Morgan fingerprint density at radius 3 is 3.00 bits per heavy atom. The molecule has 4 atom stereocenters. The Hall–Kier alpha value is -1.15. The second-order valence-electron chi connectivity index (χ2n) is 7.76. The summed E-state index contributed by atoms with van der Waals surface area (Å²) in [5.74, 6) is -0.500. The van der Waals surface area contributed by atoms with E-state index in [-0.39, 0.29) is 41.5 Å². The molecule has 0 spiro atoms. The number of aliphatic hydroxyl groups is 1. The summed E-state index contributed by atoms with van der Waals surface area (Å²) in [6, 6.07) is -0.487. The number of allylic oxidation sites excluding steroid dienone is 5. The summed E-state index contributed by atoms with van der Waals surface area (Å²) in [7, 11) is 0. The average molecular weight is 302 g/mol. The van der Waals surface area contributed by atoms with Crippen molar-refractivity contribution in [2.45, 2.75) is 52.3 Å². The van der Waals surface area contributed by atoms with E-state index in [1.165, 1.54) is 11.1 Å². The maximum atomic E-state index is 12.2. The average Bonchev–Trinajstić information content (AvgIpc) is 2.90. The van der Waals surface area contributed by atoms with Gasteiger partial charge in [-0.2, -0.15) is 0 Å². The molecule has 0 aromatic carbocycles. The van der Waals surface area contributed by atoms with Gasteiger partial charge in [0.2, 0.25) is 0 Å². The van der Waals surface area contributed by atoms with Gasteiger partial charge in [0.25, 0.3) is 0 Å². The Balaban J connectivity index is 1.87. The first kappa shape index (κ1) is 10.6. The van der Waals surface area contributed by atoms with E-state index in [0.29, 0.717) is 6.42 Å². The molecule has 0 bridgehead atoms. The minimum absolute atomic E-state index is 0.0564. The largest absolute Gasteiger partial charge is 0.395 e. The number of carbonyl (C=O) groups is 1. The molecule has 0 aromatic heterocycles. The van der Waals surface area contributed by atoms with Gasteiger partial charge >= 0.3 is 0 Å². The Morgan fingerprint density at radius 1 is 1.41 bits per heavy atom. The first-order valence-corrected chi connectivity index (χ1v) is 8.34. The maximum absolute atomic E-state index is 12.2. The molecule has 1 N–H and O–H groups in total. The predicted molar refractivity (Wildman–Crippen MR) is 87.2 cm³/mol. The fourth-order valence-electron chi connectivity index (χ4n) is 5.18. The third-order valence-electron chi connectivity index (χ3n) is 6.60. The SMILES string of the molecule is [2H]C1=C[C@@]2(C)C(=C([2H])C1=O)C([2H])([2H])C[C@H]1C3=C(CC[C@@H]12)[C@@](C)(CO)CC3. The third-order valence-corrected chi connectivity index (χ3v) is 6.60. The topological polar surface area (TPSA) is 37.3 Å². The zero-order chi connectivity index (χ0) is 19.1. The van der Waals surface area contributed by atoms with Crippen LogP contribution in [0.5, 0.6) is 0 Å². The van der Waals surface area contributed by atoms with Crippen LogP contribution in [-0.2, 0) is 4.79 Å². The molecule has 0 unspecified atom stereocenters. The summed E-state index contributed by atoms with van der Waals surface area (Å²) in [5, 5.41) is 9.89. The fourth-order valence-corrected chi connectivity index (χ4v) is 5.18. The fraction of sp³-hybridized carbons (Fsp3) is 0.650. The van der Waals surface area contributed by atoms with Crippen LogP contribution in [0.25, 0.3) is 0 Å². The van der Waals surface area contributed by atoms with Crippen LogP contribution in [0.15, 0.2) is 34.9 Å². The van der Waals surface area contributed by atoms with Crippen LogP contribution in [-0.4, -0.2) is 17.5 Å². The molecule has 4 rings (SSSR count). The number of aliphatic hydroxyl groups excluding tert-OH is 1. The van der Waals surface area contributed by atoms with E-state index >= 15 is 0 Å². The molecule has 2 nitrogen and oxygen atoms in total. The van der Waals surface area contributed by atoms with E-state index in [2.05, 4.69) is 6.92 Å². The molecule has 118 valence electrons. The summed E-state index contributed by atoms with van der Waals surface area (Å²) >= 11 is 0. The highest BCUT2D eigenvalue weighted by Gasteiger charge is 2.51. The van der Waals surface area contributed by atoms with Gasteiger partial charge in [-0.15, -0.1) is 0 Å².